The molecule has 1 aliphatic rings. The maximum absolute atomic E-state index is 12.9. The normalized spacial score (nSPS) is 16.6. The van der Waals surface area contributed by atoms with Crippen LogP contribution in [0.15, 0.2) is 48.9 Å². The standard InChI is InChI=1S/C24H26F3N5O3/c1-13-9-17(22(34)32-14(2)5-6-15(32)3)7-8-20(13)16(4)29-23(35)31-30-21(33)18-10-19(12-28-11-18)24(25,26)27/h7-12,15-16H,2,5-6H2,1,3-4H3,(H,30,33)(H2,29,31,35)/t15-,16+/m0/s1. The molecule has 1 aromatic carbocycles. The molecular weight excluding hydrogens is 463 g/mol. The van der Waals surface area contributed by atoms with E-state index in [4.69, 9.17) is 0 Å². The second kappa shape index (κ2) is 10.2. The summed E-state index contributed by atoms with van der Waals surface area (Å²) in [6.45, 7) is 9.47. The summed E-state index contributed by atoms with van der Waals surface area (Å²) in [4.78, 5) is 42.3. The Balaban J connectivity index is 1.59. The second-order valence-corrected chi connectivity index (χ2v) is 8.43. The Labute approximate surface area is 200 Å². The number of urea groups is 1. The van der Waals surface area contributed by atoms with E-state index in [0.717, 1.165) is 35.9 Å². The van der Waals surface area contributed by atoms with E-state index >= 15 is 0 Å². The van der Waals surface area contributed by atoms with Crippen LogP contribution in [0.3, 0.4) is 0 Å². The van der Waals surface area contributed by atoms with Crippen LogP contribution >= 0.6 is 0 Å². The van der Waals surface area contributed by atoms with Crippen molar-refractivity contribution < 1.29 is 27.6 Å². The summed E-state index contributed by atoms with van der Waals surface area (Å²) in [6, 6.07) is 4.62. The van der Waals surface area contributed by atoms with Crippen molar-refractivity contribution in [2.24, 2.45) is 0 Å². The minimum absolute atomic E-state index is 0.0844. The van der Waals surface area contributed by atoms with Gasteiger partial charge in [-0.2, -0.15) is 13.2 Å². The molecular formula is C24H26F3N5O3. The molecule has 1 aromatic heterocycles. The molecule has 35 heavy (non-hydrogen) atoms. The van der Waals surface area contributed by atoms with Gasteiger partial charge in [-0.25, -0.2) is 10.2 Å². The van der Waals surface area contributed by atoms with Crippen LogP contribution in [-0.4, -0.2) is 33.8 Å². The second-order valence-electron chi connectivity index (χ2n) is 8.43. The summed E-state index contributed by atoms with van der Waals surface area (Å²) in [6.07, 6.45) is -1.44. The highest BCUT2D eigenvalue weighted by atomic mass is 19.4. The highest BCUT2D eigenvalue weighted by Gasteiger charge is 2.32. The van der Waals surface area contributed by atoms with Crippen molar-refractivity contribution in [3.8, 4) is 0 Å². The van der Waals surface area contributed by atoms with Crippen LogP contribution in [-0.2, 0) is 6.18 Å². The number of aryl methyl sites for hydroxylation is 1. The SMILES string of the molecule is C=C1CC[C@H](C)N1C(=O)c1ccc([C@@H](C)NC(=O)NNC(=O)c2cncc(C(F)(F)F)c2)c(C)c1. The van der Waals surface area contributed by atoms with Crippen molar-refractivity contribution in [1.29, 1.82) is 0 Å². The van der Waals surface area contributed by atoms with E-state index in [1.807, 2.05) is 19.3 Å². The predicted molar refractivity (Wildman–Crippen MR) is 122 cm³/mol. The molecule has 8 nitrogen and oxygen atoms in total. The third-order valence-corrected chi connectivity index (χ3v) is 5.80. The highest BCUT2D eigenvalue weighted by Crippen LogP contribution is 2.29. The molecule has 2 atom stereocenters. The number of nitrogens with zero attached hydrogens (tertiary/aromatic N) is 2. The number of aromatic nitrogens is 1. The van der Waals surface area contributed by atoms with Gasteiger partial charge in [0.05, 0.1) is 17.2 Å². The van der Waals surface area contributed by atoms with Gasteiger partial charge >= 0.3 is 12.2 Å². The van der Waals surface area contributed by atoms with Gasteiger partial charge in [-0.3, -0.25) is 20.0 Å². The molecule has 0 spiro atoms. The van der Waals surface area contributed by atoms with Crippen molar-refractivity contribution in [1.82, 2.24) is 26.1 Å². The first-order chi connectivity index (χ1) is 16.4. The van der Waals surface area contributed by atoms with Crippen LogP contribution in [0.1, 0.15) is 70.1 Å². The lowest BCUT2D eigenvalue weighted by Gasteiger charge is -2.23. The summed E-state index contributed by atoms with van der Waals surface area (Å²) < 4.78 is 38.4. The van der Waals surface area contributed by atoms with Gasteiger partial charge in [-0.15, -0.1) is 0 Å². The lowest BCUT2D eigenvalue weighted by atomic mass is 9.99. The zero-order valence-electron chi connectivity index (χ0n) is 19.5. The number of halogens is 3. The fraction of sp³-hybridized carbons (Fsp3) is 0.333. The Morgan fingerprint density at radius 1 is 1.14 bits per heavy atom. The average molecular weight is 489 g/mol. The van der Waals surface area contributed by atoms with Gasteiger partial charge in [0.1, 0.15) is 0 Å². The summed E-state index contributed by atoms with van der Waals surface area (Å²) in [5.41, 5.74) is 5.54. The van der Waals surface area contributed by atoms with Crippen LogP contribution in [0.2, 0.25) is 0 Å². The summed E-state index contributed by atoms with van der Waals surface area (Å²) in [7, 11) is 0. The lowest BCUT2D eigenvalue weighted by Crippen LogP contribution is -2.47. The van der Waals surface area contributed by atoms with Gasteiger partial charge in [0.2, 0.25) is 0 Å². The smallest absolute Gasteiger partial charge is 0.330 e. The van der Waals surface area contributed by atoms with Gasteiger partial charge in [0.15, 0.2) is 0 Å². The number of carbonyl (C=O) groups is 3. The molecule has 2 aromatic rings. The number of rotatable bonds is 4. The summed E-state index contributed by atoms with van der Waals surface area (Å²) >= 11 is 0. The average Bonchev–Trinajstić information content (AvgIpc) is 3.14. The maximum Gasteiger partial charge on any atom is 0.417 e. The zero-order chi connectivity index (χ0) is 25.9. The monoisotopic (exact) mass is 489 g/mol. The number of allylic oxidation sites excluding steroid dienone is 1. The highest BCUT2D eigenvalue weighted by molar-refractivity contribution is 5.96. The predicted octanol–water partition coefficient (Wildman–Crippen LogP) is 4.25. The van der Waals surface area contributed by atoms with Gasteiger partial charge in [0.25, 0.3) is 11.8 Å². The molecule has 0 bridgehead atoms. The largest absolute Gasteiger partial charge is 0.417 e. The zero-order valence-corrected chi connectivity index (χ0v) is 19.5. The molecule has 0 saturated carbocycles. The molecule has 1 aliphatic heterocycles. The van der Waals surface area contributed by atoms with E-state index in [-0.39, 0.29) is 17.5 Å². The Hall–Kier alpha value is -3.89. The molecule has 4 amide bonds. The number of amides is 4. The van der Waals surface area contributed by atoms with E-state index in [2.05, 4.69) is 22.3 Å². The molecule has 0 radical (unpaired) electrons. The third kappa shape index (κ3) is 5.97. The number of pyridine rings is 1. The van der Waals surface area contributed by atoms with Crippen LogP contribution in [0, 0.1) is 6.92 Å². The summed E-state index contributed by atoms with van der Waals surface area (Å²) in [5.74, 6) is -1.08. The Morgan fingerprint density at radius 3 is 2.46 bits per heavy atom. The molecule has 0 unspecified atom stereocenters. The van der Waals surface area contributed by atoms with Crippen LogP contribution in [0.25, 0.3) is 0 Å². The minimum Gasteiger partial charge on any atom is -0.330 e. The van der Waals surface area contributed by atoms with Crippen LogP contribution < -0.4 is 16.2 Å². The quantitative estimate of drug-likeness (QED) is 0.559. The van der Waals surface area contributed by atoms with E-state index in [1.54, 1.807) is 30.0 Å². The molecule has 186 valence electrons. The van der Waals surface area contributed by atoms with Crippen molar-refractivity contribution in [2.45, 2.75) is 51.9 Å². The van der Waals surface area contributed by atoms with Crippen molar-refractivity contribution in [3.63, 3.8) is 0 Å². The van der Waals surface area contributed by atoms with Crippen LogP contribution in [0.4, 0.5) is 18.0 Å². The number of hydrogen-bond acceptors (Lipinski definition) is 4. The molecule has 1 fully saturated rings. The topological polar surface area (TPSA) is 103 Å². The van der Waals surface area contributed by atoms with E-state index < -0.39 is 29.7 Å². The van der Waals surface area contributed by atoms with Gasteiger partial charge in [-0.05, 0) is 62.9 Å². The maximum atomic E-state index is 12.9. The van der Waals surface area contributed by atoms with Crippen molar-refractivity contribution in [3.05, 3.63) is 76.8 Å². The number of nitrogens with one attached hydrogen (secondary N) is 3. The Kier molecular flexibility index (Phi) is 7.47. The van der Waals surface area contributed by atoms with E-state index in [0.29, 0.717) is 17.8 Å². The van der Waals surface area contributed by atoms with Crippen molar-refractivity contribution in [2.75, 3.05) is 0 Å². The first-order valence-corrected chi connectivity index (χ1v) is 10.9. The van der Waals surface area contributed by atoms with Gasteiger partial charge < -0.3 is 10.2 Å². The Bertz CT molecular complexity index is 1170. The molecule has 0 aliphatic carbocycles. The third-order valence-electron chi connectivity index (χ3n) is 5.80. The Morgan fingerprint density at radius 2 is 1.86 bits per heavy atom. The van der Waals surface area contributed by atoms with Crippen LogP contribution in [0.5, 0.6) is 0 Å². The number of alkyl halides is 3. The fourth-order valence-electron chi connectivity index (χ4n) is 3.93. The molecule has 1 saturated heterocycles. The molecule has 11 heteroatoms. The fourth-order valence-corrected chi connectivity index (χ4v) is 3.93. The minimum atomic E-state index is -4.65. The number of hydrazine groups is 1. The lowest BCUT2D eigenvalue weighted by molar-refractivity contribution is -0.137. The molecule has 3 rings (SSSR count). The van der Waals surface area contributed by atoms with Gasteiger partial charge in [-0.1, -0.05) is 12.6 Å². The number of hydrogen-bond donors (Lipinski definition) is 3. The molecule has 2 heterocycles. The number of benzene rings is 1. The first kappa shape index (κ1) is 25.7. The first-order valence-electron chi connectivity index (χ1n) is 10.9. The summed E-state index contributed by atoms with van der Waals surface area (Å²) in [5, 5.41) is 2.63. The van der Waals surface area contributed by atoms with Crippen molar-refractivity contribution >= 4 is 17.8 Å². The molecule has 3 N–H and O–H groups in total. The van der Waals surface area contributed by atoms with Gasteiger partial charge in [0, 0.05) is 29.7 Å². The van der Waals surface area contributed by atoms with E-state index in [1.165, 1.54) is 0 Å². The number of likely N-dealkylation sites (tertiary alicyclic amines) is 1. The number of carbonyl (C=O) groups excluding carboxylic acids is 3. The van der Waals surface area contributed by atoms with E-state index in [9.17, 15) is 27.6 Å².